The summed E-state index contributed by atoms with van der Waals surface area (Å²) in [4.78, 5) is 10.4. The monoisotopic (exact) mass is 191 g/mol. The summed E-state index contributed by atoms with van der Waals surface area (Å²) >= 11 is 0. The van der Waals surface area contributed by atoms with Crippen molar-refractivity contribution >= 4 is 6.29 Å². The first-order chi connectivity index (χ1) is 6.67. The van der Waals surface area contributed by atoms with Crippen molar-refractivity contribution in [3.8, 4) is 6.07 Å². The molecule has 0 aliphatic rings. The second kappa shape index (κ2) is 4.52. The fourth-order valence-corrected chi connectivity index (χ4v) is 1.18. The Labute approximate surface area is 82.0 Å². The van der Waals surface area contributed by atoms with Gasteiger partial charge in [0.25, 0.3) is 0 Å². The molecule has 2 nitrogen and oxygen atoms in total. The highest BCUT2D eigenvalue weighted by Gasteiger charge is 2.07. The number of aldehydes is 1. The average Bonchev–Trinajstić information content (AvgIpc) is 2.20. The van der Waals surface area contributed by atoms with E-state index in [4.69, 9.17) is 5.26 Å². The Morgan fingerprint density at radius 1 is 1.64 bits per heavy atom. The molecule has 0 radical (unpaired) electrons. The van der Waals surface area contributed by atoms with E-state index in [1.807, 2.05) is 6.07 Å². The first-order valence-corrected chi connectivity index (χ1v) is 4.31. The average molecular weight is 191 g/mol. The summed E-state index contributed by atoms with van der Waals surface area (Å²) in [5.74, 6) is -0.616. The molecular weight excluding hydrogens is 181 g/mol. The van der Waals surface area contributed by atoms with Crippen LogP contribution in [0, 0.1) is 23.1 Å². The topological polar surface area (TPSA) is 40.9 Å². The molecule has 1 atom stereocenters. The van der Waals surface area contributed by atoms with Crippen LogP contribution in [0.25, 0.3) is 0 Å². The summed E-state index contributed by atoms with van der Waals surface area (Å²) in [6.07, 6.45) is 1.17. The van der Waals surface area contributed by atoms with Crippen LogP contribution in [0.3, 0.4) is 0 Å². The van der Waals surface area contributed by atoms with Gasteiger partial charge in [0.1, 0.15) is 12.1 Å². The highest BCUT2D eigenvalue weighted by atomic mass is 19.1. The molecule has 0 bridgehead atoms. The molecule has 0 aromatic heterocycles. The third-order valence-electron chi connectivity index (χ3n) is 1.96. The molecule has 0 spiro atoms. The molecule has 1 unspecified atom stereocenters. The van der Waals surface area contributed by atoms with Crippen LogP contribution >= 0.6 is 0 Å². The zero-order valence-electron chi connectivity index (χ0n) is 7.83. The highest BCUT2D eigenvalue weighted by Crippen LogP contribution is 2.13. The lowest BCUT2D eigenvalue weighted by Crippen LogP contribution is -2.02. The molecule has 1 aromatic carbocycles. The van der Waals surface area contributed by atoms with Crippen LogP contribution in [0.15, 0.2) is 18.2 Å². The van der Waals surface area contributed by atoms with E-state index in [1.54, 1.807) is 19.1 Å². The molecule has 0 saturated carbocycles. The number of carbonyl (C=O) groups excluding carboxylic acids is 1. The summed E-state index contributed by atoms with van der Waals surface area (Å²) in [5.41, 5.74) is 0.772. The summed E-state index contributed by atoms with van der Waals surface area (Å²) in [7, 11) is 0. The van der Waals surface area contributed by atoms with Crippen LogP contribution in [0.5, 0.6) is 0 Å². The fraction of sp³-hybridized carbons (Fsp3) is 0.273. The number of halogens is 1. The Morgan fingerprint density at radius 2 is 2.36 bits per heavy atom. The van der Waals surface area contributed by atoms with Crippen molar-refractivity contribution in [3.63, 3.8) is 0 Å². The molecule has 72 valence electrons. The number of rotatable bonds is 3. The number of hydrogen-bond donors (Lipinski definition) is 0. The molecule has 0 fully saturated rings. The number of carbonyl (C=O) groups is 1. The Balaban J connectivity index is 2.90. The Bertz CT molecular complexity index is 381. The molecule has 0 heterocycles. The maximum atomic E-state index is 13.3. The van der Waals surface area contributed by atoms with Gasteiger partial charge in [0, 0.05) is 5.92 Å². The van der Waals surface area contributed by atoms with Crippen LogP contribution in [0.2, 0.25) is 0 Å². The molecule has 3 heteroatoms. The molecule has 0 N–H and O–H groups in total. The fourth-order valence-electron chi connectivity index (χ4n) is 1.18. The maximum absolute atomic E-state index is 13.3. The van der Waals surface area contributed by atoms with Crippen molar-refractivity contribution in [1.29, 1.82) is 5.26 Å². The van der Waals surface area contributed by atoms with Crippen LogP contribution in [0.1, 0.15) is 18.1 Å². The largest absolute Gasteiger partial charge is 0.303 e. The lowest BCUT2D eigenvalue weighted by molar-refractivity contribution is -0.110. The summed E-state index contributed by atoms with van der Waals surface area (Å²) in [6, 6.07) is 6.14. The molecule has 1 aromatic rings. The summed E-state index contributed by atoms with van der Waals surface area (Å²) < 4.78 is 13.3. The zero-order valence-corrected chi connectivity index (χ0v) is 7.83. The van der Waals surface area contributed by atoms with Crippen LogP contribution in [0.4, 0.5) is 4.39 Å². The number of benzene rings is 1. The minimum absolute atomic E-state index is 0.197. The first kappa shape index (κ1) is 10.4. The maximum Gasteiger partial charge on any atom is 0.127 e. The molecule has 0 aliphatic heterocycles. The van der Waals surface area contributed by atoms with E-state index < -0.39 is 5.82 Å². The van der Waals surface area contributed by atoms with Gasteiger partial charge < -0.3 is 4.79 Å². The second-order valence-corrected chi connectivity index (χ2v) is 3.24. The van der Waals surface area contributed by atoms with Gasteiger partial charge >= 0.3 is 0 Å². The third kappa shape index (κ3) is 2.40. The number of nitriles is 1. The van der Waals surface area contributed by atoms with E-state index in [0.29, 0.717) is 17.5 Å². The second-order valence-electron chi connectivity index (χ2n) is 3.24. The third-order valence-corrected chi connectivity index (χ3v) is 1.96. The lowest BCUT2D eigenvalue weighted by Gasteiger charge is -2.04. The van der Waals surface area contributed by atoms with Gasteiger partial charge in [-0.15, -0.1) is 0 Å². The normalized spacial score (nSPS) is 11.8. The quantitative estimate of drug-likeness (QED) is 0.686. The number of nitrogens with zero attached hydrogens (tertiary/aromatic N) is 1. The van der Waals surface area contributed by atoms with E-state index >= 15 is 0 Å². The SMILES string of the molecule is CC(C=O)Cc1ccc(C#N)cc1F. The number of hydrogen-bond acceptors (Lipinski definition) is 2. The lowest BCUT2D eigenvalue weighted by atomic mass is 10.0. The van der Waals surface area contributed by atoms with Gasteiger partial charge in [-0.25, -0.2) is 4.39 Å². The molecule has 14 heavy (non-hydrogen) atoms. The van der Waals surface area contributed by atoms with Gasteiger partial charge in [0.05, 0.1) is 11.6 Å². The zero-order chi connectivity index (χ0) is 10.6. The summed E-state index contributed by atoms with van der Waals surface area (Å²) in [5, 5.41) is 8.51. The van der Waals surface area contributed by atoms with Crippen molar-refractivity contribution in [2.75, 3.05) is 0 Å². The van der Waals surface area contributed by atoms with Gasteiger partial charge in [-0.2, -0.15) is 5.26 Å². The van der Waals surface area contributed by atoms with Crippen LogP contribution in [-0.4, -0.2) is 6.29 Å². The molecule has 0 saturated heterocycles. The van der Waals surface area contributed by atoms with Gasteiger partial charge in [-0.1, -0.05) is 13.0 Å². The van der Waals surface area contributed by atoms with Crippen molar-refractivity contribution in [2.45, 2.75) is 13.3 Å². The van der Waals surface area contributed by atoms with E-state index in [9.17, 15) is 9.18 Å². The van der Waals surface area contributed by atoms with E-state index in [1.165, 1.54) is 6.07 Å². The molecular formula is C11H10FNO. The smallest absolute Gasteiger partial charge is 0.127 e. The van der Waals surface area contributed by atoms with E-state index in [-0.39, 0.29) is 5.92 Å². The molecule has 1 rings (SSSR count). The van der Waals surface area contributed by atoms with Gasteiger partial charge in [0.15, 0.2) is 0 Å². The highest BCUT2D eigenvalue weighted by molar-refractivity contribution is 5.53. The van der Waals surface area contributed by atoms with Crippen LogP contribution in [-0.2, 0) is 11.2 Å². The van der Waals surface area contributed by atoms with E-state index in [2.05, 4.69) is 0 Å². The Kier molecular flexibility index (Phi) is 3.35. The summed E-state index contributed by atoms with van der Waals surface area (Å²) in [6.45, 7) is 1.73. The van der Waals surface area contributed by atoms with E-state index in [0.717, 1.165) is 6.29 Å². The van der Waals surface area contributed by atoms with Gasteiger partial charge in [-0.05, 0) is 24.1 Å². The minimum Gasteiger partial charge on any atom is -0.303 e. The first-order valence-electron chi connectivity index (χ1n) is 4.31. The van der Waals surface area contributed by atoms with Crippen molar-refractivity contribution in [3.05, 3.63) is 35.1 Å². The van der Waals surface area contributed by atoms with Crippen molar-refractivity contribution in [2.24, 2.45) is 5.92 Å². The minimum atomic E-state index is -0.419. The molecule has 0 aliphatic carbocycles. The van der Waals surface area contributed by atoms with Crippen molar-refractivity contribution in [1.82, 2.24) is 0 Å². The predicted molar refractivity (Wildman–Crippen MR) is 50.0 cm³/mol. The van der Waals surface area contributed by atoms with Gasteiger partial charge in [0.2, 0.25) is 0 Å². The Hall–Kier alpha value is -1.69. The predicted octanol–water partition coefficient (Wildman–Crippen LogP) is 2.07. The molecule has 0 amide bonds. The van der Waals surface area contributed by atoms with Gasteiger partial charge in [-0.3, -0.25) is 0 Å². The standard InChI is InChI=1S/C11H10FNO/c1-8(7-14)4-10-3-2-9(6-13)5-11(10)12/h2-3,5,7-8H,4H2,1H3. The van der Waals surface area contributed by atoms with Crippen LogP contribution < -0.4 is 0 Å². The van der Waals surface area contributed by atoms with Crippen molar-refractivity contribution < 1.29 is 9.18 Å². The Morgan fingerprint density at radius 3 is 2.86 bits per heavy atom.